The summed E-state index contributed by atoms with van der Waals surface area (Å²) in [6.07, 6.45) is 5.01. The fraction of sp³-hybridized carbons (Fsp3) is 0.600. The zero-order chi connectivity index (χ0) is 13.1. The maximum absolute atomic E-state index is 12.3. The third kappa shape index (κ3) is 3.19. The van der Waals surface area contributed by atoms with Gasteiger partial charge in [0.2, 0.25) is 0 Å². The van der Waals surface area contributed by atoms with E-state index >= 15 is 0 Å². The molecule has 2 atom stereocenters. The van der Waals surface area contributed by atoms with Crippen LogP contribution in [0.25, 0.3) is 0 Å². The average Bonchev–Trinajstić information content (AvgIpc) is 2.45. The minimum absolute atomic E-state index is 0.212. The predicted molar refractivity (Wildman–Crippen MR) is 71.8 cm³/mol. The van der Waals surface area contributed by atoms with E-state index in [2.05, 4.69) is 10.3 Å². The maximum atomic E-state index is 12.3. The summed E-state index contributed by atoms with van der Waals surface area (Å²) in [4.78, 5) is 16.6. The first-order valence-electron chi connectivity index (χ1n) is 7.07. The third-order valence-corrected chi connectivity index (χ3v) is 4.06. The van der Waals surface area contributed by atoms with Gasteiger partial charge in [-0.25, -0.2) is 0 Å². The van der Waals surface area contributed by atoms with E-state index in [1.165, 1.54) is 0 Å². The van der Waals surface area contributed by atoms with Crippen LogP contribution in [0.4, 0.5) is 0 Å². The number of ketones is 1. The van der Waals surface area contributed by atoms with Crippen molar-refractivity contribution in [3.63, 3.8) is 0 Å². The standard InChI is InChI=1S/C15H20N2O2/c18-15(5-4-12-3-1-2-6-16-12)11-7-13-9-19-10-14(8-11)17-13/h1-3,6,11,13-14,17H,4-5,7-10H2. The van der Waals surface area contributed by atoms with Gasteiger partial charge in [0.15, 0.2) is 0 Å². The second kappa shape index (κ2) is 5.80. The Morgan fingerprint density at radius 3 is 2.79 bits per heavy atom. The lowest BCUT2D eigenvalue weighted by Gasteiger charge is -2.39. The van der Waals surface area contributed by atoms with Crippen molar-refractivity contribution in [2.75, 3.05) is 13.2 Å². The molecule has 0 aromatic carbocycles. The maximum Gasteiger partial charge on any atom is 0.136 e. The van der Waals surface area contributed by atoms with E-state index in [1.54, 1.807) is 6.20 Å². The number of Topliss-reactive ketones (excluding diaryl/α,β-unsaturated/α-hetero) is 1. The number of pyridine rings is 1. The molecule has 0 aliphatic carbocycles. The molecule has 2 fully saturated rings. The molecule has 2 aliphatic heterocycles. The molecule has 3 heterocycles. The fourth-order valence-corrected chi connectivity index (χ4v) is 3.10. The Kier molecular flexibility index (Phi) is 3.89. The number of nitrogens with zero attached hydrogens (tertiary/aromatic N) is 1. The number of aromatic nitrogens is 1. The van der Waals surface area contributed by atoms with Gasteiger partial charge in [0, 0.05) is 36.3 Å². The highest BCUT2D eigenvalue weighted by Crippen LogP contribution is 2.25. The van der Waals surface area contributed by atoms with Gasteiger partial charge < -0.3 is 10.1 Å². The van der Waals surface area contributed by atoms with Crippen molar-refractivity contribution in [1.29, 1.82) is 0 Å². The Morgan fingerprint density at radius 1 is 1.32 bits per heavy atom. The van der Waals surface area contributed by atoms with Gasteiger partial charge in [0.1, 0.15) is 5.78 Å². The Labute approximate surface area is 113 Å². The van der Waals surface area contributed by atoms with Gasteiger partial charge in [0.05, 0.1) is 13.2 Å². The number of fused-ring (bicyclic) bond motifs is 2. The van der Waals surface area contributed by atoms with Crippen molar-refractivity contribution in [2.45, 2.75) is 37.8 Å². The molecule has 3 rings (SSSR count). The van der Waals surface area contributed by atoms with Gasteiger partial charge in [-0.1, -0.05) is 6.07 Å². The molecule has 2 bridgehead atoms. The lowest BCUT2D eigenvalue weighted by molar-refractivity contribution is -0.125. The summed E-state index contributed by atoms with van der Waals surface area (Å²) >= 11 is 0. The van der Waals surface area contributed by atoms with Gasteiger partial charge >= 0.3 is 0 Å². The van der Waals surface area contributed by atoms with E-state index in [1.807, 2.05) is 18.2 Å². The number of nitrogens with one attached hydrogen (secondary N) is 1. The van der Waals surface area contributed by atoms with E-state index < -0.39 is 0 Å². The summed E-state index contributed by atoms with van der Waals surface area (Å²) in [6, 6.07) is 6.60. The van der Waals surface area contributed by atoms with Crippen molar-refractivity contribution in [2.24, 2.45) is 5.92 Å². The predicted octanol–water partition coefficient (Wildman–Crippen LogP) is 1.35. The van der Waals surface area contributed by atoms with Crippen molar-refractivity contribution in [1.82, 2.24) is 10.3 Å². The van der Waals surface area contributed by atoms with Gasteiger partial charge in [-0.05, 0) is 31.4 Å². The first-order chi connectivity index (χ1) is 9.31. The first-order valence-corrected chi connectivity index (χ1v) is 7.07. The lowest BCUT2D eigenvalue weighted by atomic mass is 9.83. The molecule has 2 unspecified atom stereocenters. The highest BCUT2D eigenvalue weighted by Gasteiger charge is 2.34. The van der Waals surface area contributed by atoms with Crippen LogP contribution in [-0.4, -0.2) is 36.1 Å². The number of carbonyl (C=O) groups is 1. The molecule has 4 heteroatoms. The van der Waals surface area contributed by atoms with Gasteiger partial charge in [-0.15, -0.1) is 0 Å². The Bertz CT molecular complexity index is 423. The molecule has 19 heavy (non-hydrogen) atoms. The number of ether oxygens (including phenoxy) is 1. The summed E-state index contributed by atoms with van der Waals surface area (Å²) in [6.45, 7) is 1.50. The summed E-state index contributed by atoms with van der Waals surface area (Å²) in [5.41, 5.74) is 1.01. The van der Waals surface area contributed by atoms with E-state index in [0.29, 0.717) is 24.3 Å². The second-order valence-electron chi connectivity index (χ2n) is 5.55. The number of hydrogen-bond acceptors (Lipinski definition) is 4. The molecule has 102 valence electrons. The zero-order valence-corrected chi connectivity index (χ0v) is 11.0. The number of morpholine rings is 1. The molecule has 0 amide bonds. The van der Waals surface area contributed by atoms with Gasteiger partial charge in [0.25, 0.3) is 0 Å². The van der Waals surface area contributed by atoms with Crippen LogP contribution in [0.1, 0.15) is 25.0 Å². The summed E-state index contributed by atoms with van der Waals surface area (Å²) < 4.78 is 5.51. The molecule has 4 nitrogen and oxygen atoms in total. The van der Waals surface area contributed by atoms with Crippen molar-refractivity contribution >= 4 is 5.78 Å². The summed E-state index contributed by atoms with van der Waals surface area (Å²) in [5.74, 6) is 0.605. The Balaban J connectivity index is 1.53. The van der Waals surface area contributed by atoms with E-state index in [0.717, 1.165) is 38.2 Å². The SMILES string of the molecule is O=C(CCc1ccccn1)C1CC2COCC(C1)N2. The number of hydrogen-bond donors (Lipinski definition) is 1. The molecule has 1 aromatic heterocycles. The highest BCUT2D eigenvalue weighted by molar-refractivity contribution is 5.81. The van der Waals surface area contributed by atoms with Crippen molar-refractivity contribution < 1.29 is 9.53 Å². The number of rotatable bonds is 4. The Morgan fingerprint density at radius 2 is 2.11 bits per heavy atom. The van der Waals surface area contributed by atoms with Gasteiger partial charge in [-0.3, -0.25) is 9.78 Å². The Hall–Kier alpha value is -1.26. The fourth-order valence-electron chi connectivity index (χ4n) is 3.10. The number of aryl methyl sites for hydroxylation is 1. The van der Waals surface area contributed by atoms with Crippen LogP contribution in [0, 0.1) is 5.92 Å². The first kappa shape index (κ1) is 12.8. The molecule has 1 aromatic rings. The minimum atomic E-state index is 0.212. The molecule has 2 aliphatic rings. The number of carbonyl (C=O) groups excluding carboxylic acids is 1. The topological polar surface area (TPSA) is 51.2 Å². The van der Waals surface area contributed by atoms with Gasteiger partial charge in [-0.2, -0.15) is 0 Å². The van der Waals surface area contributed by atoms with Crippen LogP contribution in [0.2, 0.25) is 0 Å². The van der Waals surface area contributed by atoms with Crippen LogP contribution < -0.4 is 5.32 Å². The average molecular weight is 260 g/mol. The van der Waals surface area contributed by atoms with Crippen LogP contribution >= 0.6 is 0 Å². The monoisotopic (exact) mass is 260 g/mol. The lowest BCUT2D eigenvalue weighted by Crippen LogP contribution is -2.55. The third-order valence-electron chi connectivity index (χ3n) is 4.06. The van der Waals surface area contributed by atoms with Crippen LogP contribution in [0.5, 0.6) is 0 Å². The second-order valence-corrected chi connectivity index (χ2v) is 5.55. The van der Waals surface area contributed by atoms with Crippen LogP contribution in [0.3, 0.4) is 0 Å². The summed E-state index contributed by atoms with van der Waals surface area (Å²) in [7, 11) is 0. The molecule has 0 radical (unpaired) electrons. The van der Waals surface area contributed by atoms with Crippen LogP contribution in [-0.2, 0) is 16.0 Å². The van der Waals surface area contributed by atoms with Crippen LogP contribution in [0.15, 0.2) is 24.4 Å². The van der Waals surface area contributed by atoms with E-state index in [-0.39, 0.29) is 5.92 Å². The summed E-state index contributed by atoms with van der Waals surface area (Å²) in [5, 5.41) is 3.52. The zero-order valence-electron chi connectivity index (χ0n) is 11.0. The molecular formula is C15H20N2O2. The quantitative estimate of drug-likeness (QED) is 0.888. The number of piperidine rings is 1. The molecule has 0 spiro atoms. The molecular weight excluding hydrogens is 240 g/mol. The minimum Gasteiger partial charge on any atom is -0.378 e. The molecule has 1 N–H and O–H groups in total. The highest BCUT2D eigenvalue weighted by atomic mass is 16.5. The molecule has 0 saturated carbocycles. The van der Waals surface area contributed by atoms with E-state index in [9.17, 15) is 4.79 Å². The smallest absolute Gasteiger partial charge is 0.136 e. The normalized spacial score (nSPS) is 30.0. The largest absolute Gasteiger partial charge is 0.378 e. The van der Waals surface area contributed by atoms with Crippen molar-refractivity contribution in [3.05, 3.63) is 30.1 Å². The molecule has 2 saturated heterocycles. The van der Waals surface area contributed by atoms with E-state index in [4.69, 9.17) is 4.74 Å². The van der Waals surface area contributed by atoms with Crippen molar-refractivity contribution in [3.8, 4) is 0 Å².